The largest absolute Gasteiger partial charge is 0.416 e. The standard InChI is InChI=1S/C29H29F3N4O/c1-4-25(21-9-5-19(14-33)6-10-21)35-28(37)22-13-23-17-36(27(18(2)3)26(23)34-15-22)16-20-7-11-24(12-8-20)29(30,31)32/h5-13,15,18,25,27H,4,16-17H2,1-3H3,(H,35,37)/t25-,27-/m0/s1. The molecule has 0 fully saturated rings. The molecule has 37 heavy (non-hydrogen) atoms. The van der Waals surface area contributed by atoms with Crippen LogP contribution in [0.2, 0.25) is 0 Å². The van der Waals surface area contributed by atoms with Gasteiger partial charge in [0, 0.05) is 19.3 Å². The van der Waals surface area contributed by atoms with Crippen LogP contribution in [0, 0.1) is 17.2 Å². The second kappa shape index (κ2) is 10.7. The maximum atomic E-state index is 13.1. The SMILES string of the molecule is CC[C@H](NC(=O)c1cnc2c(c1)CN(Cc1ccc(C(F)(F)F)cc1)[C@H]2C(C)C)c1ccc(C#N)cc1. The molecule has 0 unspecified atom stereocenters. The number of nitrogens with zero attached hydrogens (tertiary/aromatic N) is 3. The number of halogens is 3. The predicted molar refractivity (Wildman–Crippen MR) is 134 cm³/mol. The van der Waals surface area contributed by atoms with E-state index in [1.165, 1.54) is 12.1 Å². The summed E-state index contributed by atoms with van der Waals surface area (Å²) in [5.74, 6) is -0.00229. The van der Waals surface area contributed by atoms with Crippen LogP contribution in [0.3, 0.4) is 0 Å². The number of amides is 1. The van der Waals surface area contributed by atoms with Crippen molar-refractivity contribution in [3.63, 3.8) is 0 Å². The molecular weight excluding hydrogens is 477 g/mol. The summed E-state index contributed by atoms with van der Waals surface area (Å²) in [4.78, 5) is 20.0. The van der Waals surface area contributed by atoms with Crippen molar-refractivity contribution in [2.24, 2.45) is 5.92 Å². The van der Waals surface area contributed by atoms with Crippen LogP contribution in [-0.4, -0.2) is 15.8 Å². The predicted octanol–water partition coefficient (Wildman–Crippen LogP) is 6.57. The number of alkyl halides is 3. The second-order valence-corrected chi connectivity index (χ2v) is 9.72. The summed E-state index contributed by atoms with van der Waals surface area (Å²) in [5, 5.41) is 12.1. The highest BCUT2D eigenvalue weighted by Crippen LogP contribution is 2.39. The Morgan fingerprint density at radius 3 is 2.41 bits per heavy atom. The van der Waals surface area contributed by atoms with Gasteiger partial charge in [0.05, 0.1) is 40.5 Å². The molecule has 2 heterocycles. The van der Waals surface area contributed by atoms with Gasteiger partial charge in [-0.25, -0.2) is 0 Å². The van der Waals surface area contributed by atoms with Crippen LogP contribution >= 0.6 is 0 Å². The molecule has 8 heteroatoms. The third-order valence-electron chi connectivity index (χ3n) is 6.76. The smallest absolute Gasteiger partial charge is 0.345 e. The van der Waals surface area contributed by atoms with Crippen molar-refractivity contribution in [2.45, 2.75) is 58.5 Å². The minimum atomic E-state index is -4.36. The zero-order chi connectivity index (χ0) is 26.7. The minimum Gasteiger partial charge on any atom is -0.345 e. The van der Waals surface area contributed by atoms with E-state index in [1.54, 1.807) is 18.3 Å². The van der Waals surface area contributed by atoms with E-state index in [9.17, 15) is 18.0 Å². The van der Waals surface area contributed by atoms with Gasteiger partial charge in [0.2, 0.25) is 0 Å². The van der Waals surface area contributed by atoms with Crippen molar-refractivity contribution in [1.29, 1.82) is 5.26 Å². The average molecular weight is 507 g/mol. The number of aromatic nitrogens is 1. The van der Waals surface area contributed by atoms with Gasteiger partial charge in [0.25, 0.3) is 5.91 Å². The average Bonchev–Trinajstić information content (AvgIpc) is 3.24. The number of nitriles is 1. The summed E-state index contributed by atoms with van der Waals surface area (Å²) in [6.45, 7) is 7.20. The van der Waals surface area contributed by atoms with Crippen LogP contribution in [0.4, 0.5) is 13.2 Å². The lowest BCUT2D eigenvalue weighted by Gasteiger charge is -2.27. The fourth-order valence-corrected chi connectivity index (χ4v) is 4.91. The molecule has 1 aliphatic heterocycles. The first-order valence-corrected chi connectivity index (χ1v) is 12.3. The third-order valence-corrected chi connectivity index (χ3v) is 6.76. The molecule has 0 spiro atoms. The Bertz CT molecular complexity index is 1290. The molecule has 5 nitrogen and oxygen atoms in total. The number of carbonyl (C=O) groups excluding carboxylic acids is 1. The number of benzene rings is 2. The molecule has 4 rings (SSSR count). The van der Waals surface area contributed by atoms with Crippen LogP contribution in [0.5, 0.6) is 0 Å². The van der Waals surface area contributed by atoms with E-state index in [-0.39, 0.29) is 23.9 Å². The lowest BCUT2D eigenvalue weighted by Crippen LogP contribution is -2.28. The van der Waals surface area contributed by atoms with E-state index in [0.717, 1.165) is 34.5 Å². The summed E-state index contributed by atoms with van der Waals surface area (Å²) in [7, 11) is 0. The highest BCUT2D eigenvalue weighted by atomic mass is 19.4. The summed E-state index contributed by atoms with van der Waals surface area (Å²) in [6.07, 6.45) is -2.08. The van der Waals surface area contributed by atoms with E-state index in [2.05, 4.69) is 35.1 Å². The Morgan fingerprint density at radius 1 is 1.16 bits per heavy atom. The fraction of sp³-hybridized carbons (Fsp3) is 0.345. The highest BCUT2D eigenvalue weighted by Gasteiger charge is 2.35. The Morgan fingerprint density at radius 2 is 1.84 bits per heavy atom. The molecule has 0 aliphatic carbocycles. The van der Waals surface area contributed by atoms with Crippen molar-refractivity contribution >= 4 is 5.91 Å². The number of hydrogen-bond donors (Lipinski definition) is 1. The van der Waals surface area contributed by atoms with Gasteiger partial charge in [-0.1, -0.05) is 45.0 Å². The highest BCUT2D eigenvalue weighted by molar-refractivity contribution is 5.94. The number of carbonyl (C=O) groups is 1. The number of nitrogens with one attached hydrogen (secondary N) is 1. The van der Waals surface area contributed by atoms with Crippen LogP contribution in [0.15, 0.2) is 60.8 Å². The van der Waals surface area contributed by atoms with Crippen LogP contribution in [0.25, 0.3) is 0 Å². The minimum absolute atomic E-state index is 0.00329. The Hall–Kier alpha value is -3.70. The molecule has 1 aliphatic rings. The summed E-state index contributed by atoms with van der Waals surface area (Å²) >= 11 is 0. The van der Waals surface area contributed by atoms with Crippen molar-refractivity contribution in [2.75, 3.05) is 0 Å². The molecule has 3 aromatic rings. The topological polar surface area (TPSA) is 69.0 Å². The van der Waals surface area contributed by atoms with Gasteiger partial charge < -0.3 is 5.32 Å². The molecule has 0 bridgehead atoms. The zero-order valence-corrected chi connectivity index (χ0v) is 21.0. The summed E-state index contributed by atoms with van der Waals surface area (Å²) in [6, 6.07) is 16.2. The van der Waals surface area contributed by atoms with Crippen molar-refractivity contribution in [3.05, 3.63) is 99.9 Å². The van der Waals surface area contributed by atoms with E-state index in [1.807, 2.05) is 25.1 Å². The summed E-state index contributed by atoms with van der Waals surface area (Å²) < 4.78 is 38.8. The molecular formula is C29H29F3N4O. The molecule has 2 atom stereocenters. The van der Waals surface area contributed by atoms with Gasteiger partial charge in [-0.2, -0.15) is 18.4 Å². The van der Waals surface area contributed by atoms with Crippen LogP contribution in [0.1, 0.15) is 83.1 Å². The van der Waals surface area contributed by atoms with Gasteiger partial charge in [-0.15, -0.1) is 0 Å². The van der Waals surface area contributed by atoms with Gasteiger partial charge in [0.15, 0.2) is 0 Å². The quantitative estimate of drug-likeness (QED) is 0.394. The van der Waals surface area contributed by atoms with E-state index in [4.69, 9.17) is 5.26 Å². The van der Waals surface area contributed by atoms with Gasteiger partial charge in [-0.05, 0) is 59.4 Å². The van der Waals surface area contributed by atoms with Crippen molar-refractivity contribution in [1.82, 2.24) is 15.2 Å². The molecule has 2 aromatic carbocycles. The first kappa shape index (κ1) is 26.4. The lowest BCUT2D eigenvalue weighted by molar-refractivity contribution is -0.137. The summed E-state index contributed by atoms with van der Waals surface area (Å²) in [5.41, 5.74) is 3.93. The first-order valence-electron chi connectivity index (χ1n) is 12.3. The van der Waals surface area contributed by atoms with Crippen molar-refractivity contribution < 1.29 is 18.0 Å². The monoisotopic (exact) mass is 506 g/mol. The fourth-order valence-electron chi connectivity index (χ4n) is 4.91. The molecule has 192 valence electrons. The third kappa shape index (κ3) is 5.83. The maximum absolute atomic E-state index is 13.1. The molecule has 0 saturated carbocycles. The van der Waals surface area contributed by atoms with Gasteiger partial charge in [-0.3, -0.25) is 14.7 Å². The number of fused-ring (bicyclic) bond motifs is 1. The van der Waals surface area contributed by atoms with E-state index < -0.39 is 11.7 Å². The van der Waals surface area contributed by atoms with Gasteiger partial charge in [0.1, 0.15) is 0 Å². The number of hydrogen-bond acceptors (Lipinski definition) is 4. The van der Waals surface area contributed by atoms with Crippen LogP contribution < -0.4 is 5.32 Å². The molecule has 1 N–H and O–H groups in total. The van der Waals surface area contributed by atoms with E-state index in [0.29, 0.717) is 30.6 Å². The Labute approximate surface area is 214 Å². The molecule has 1 aromatic heterocycles. The van der Waals surface area contributed by atoms with Gasteiger partial charge >= 0.3 is 6.18 Å². The Balaban J connectivity index is 1.51. The number of pyridine rings is 1. The Kier molecular flexibility index (Phi) is 7.65. The molecule has 0 saturated heterocycles. The van der Waals surface area contributed by atoms with E-state index >= 15 is 0 Å². The molecule has 1 amide bonds. The normalized spacial score (nSPS) is 16.3. The van der Waals surface area contributed by atoms with Crippen molar-refractivity contribution in [3.8, 4) is 6.07 Å². The lowest BCUT2D eigenvalue weighted by atomic mass is 9.99. The second-order valence-electron chi connectivity index (χ2n) is 9.72. The maximum Gasteiger partial charge on any atom is 0.416 e. The first-order chi connectivity index (χ1) is 17.6. The number of rotatable bonds is 7. The zero-order valence-electron chi connectivity index (χ0n) is 21.0. The molecule has 0 radical (unpaired) electrons. The van der Waals surface area contributed by atoms with Crippen LogP contribution in [-0.2, 0) is 19.3 Å².